The minimum Gasteiger partial charge on any atom is -0.460 e. The Balaban J connectivity index is 1.70. The molecule has 4 rings (SSSR count). The molecule has 3 fully saturated rings. The summed E-state index contributed by atoms with van der Waals surface area (Å²) in [4.78, 5) is 72.4. The molecule has 2 bridgehead atoms. The molecule has 0 spiro atoms. The quantitative estimate of drug-likeness (QED) is 0.103. The van der Waals surface area contributed by atoms with Crippen LogP contribution in [0.4, 0.5) is 0 Å². The van der Waals surface area contributed by atoms with E-state index < -0.39 is 86.1 Å². The number of carbonyl (C=O) groups is 5. The number of ether oxygens (including phenoxy) is 5. The van der Waals surface area contributed by atoms with Gasteiger partial charge in [0.25, 0.3) is 11.7 Å². The SMILES string of the molecule is CO[C@H]1C[C@@H]2CC[C@@H](C)[C@@](O)(O2)C(=O)C(=O)N2CCCC[C@H]2C(=O)OC([C@H](C)C[C@@H]2CC[C@@H](O[Si](C)(C)C)[C@H](OC)C2)CC(=O)[C@H](C)/C=C(\C)[C@@H](O)[C@@H](OC)C(=O)[C@H](C)C[C@H](C)/C=C/C=CC=C1C. The number of aliphatic hydroxyl groups excluding tert-OH is 1. The summed E-state index contributed by atoms with van der Waals surface area (Å²) in [7, 11) is 2.84. The number of esters is 1. The number of aliphatic hydroxyl groups is 2. The minimum atomic E-state index is -2.42. The van der Waals surface area contributed by atoms with Gasteiger partial charge in [0.2, 0.25) is 5.79 Å². The van der Waals surface area contributed by atoms with Gasteiger partial charge in [-0.1, -0.05) is 71.1 Å². The molecule has 390 valence electrons. The third-order valence-electron chi connectivity index (χ3n) is 15.0. The highest BCUT2D eigenvalue weighted by Gasteiger charge is 2.53. The summed E-state index contributed by atoms with van der Waals surface area (Å²) in [5, 5.41) is 23.5. The number of piperidine rings is 1. The van der Waals surface area contributed by atoms with Crippen molar-refractivity contribution in [2.45, 2.75) is 200 Å². The van der Waals surface area contributed by atoms with Gasteiger partial charge in [0.1, 0.15) is 30.1 Å². The molecule has 2 N–H and O–H groups in total. The van der Waals surface area contributed by atoms with E-state index in [0.717, 1.165) is 24.8 Å². The summed E-state index contributed by atoms with van der Waals surface area (Å²) in [5.41, 5.74) is 1.29. The maximum Gasteiger partial charge on any atom is 0.329 e. The zero-order valence-electron chi connectivity index (χ0n) is 44.1. The van der Waals surface area contributed by atoms with Crippen LogP contribution in [0.25, 0.3) is 0 Å². The van der Waals surface area contributed by atoms with E-state index in [-0.39, 0.29) is 60.9 Å². The van der Waals surface area contributed by atoms with Crippen LogP contribution in [0.1, 0.15) is 126 Å². The molecule has 1 aliphatic carbocycles. The third kappa shape index (κ3) is 16.2. The zero-order chi connectivity index (χ0) is 51.4. The second kappa shape index (κ2) is 26.5. The first-order valence-corrected chi connectivity index (χ1v) is 29.0. The summed E-state index contributed by atoms with van der Waals surface area (Å²) in [6, 6.07) is -1.13. The van der Waals surface area contributed by atoms with Crippen molar-refractivity contribution in [3.8, 4) is 0 Å². The van der Waals surface area contributed by atoms with Gasteiger partial charge in [-0.15, -0.1) is 0 Å². The number of amides is 1. The highest BCUT2D eigenvalue weighted by molar-refractivity contribution is 6.69. The average molecular weight is 986 g/mol. The normalized spacial score (nSPS) is 37.8. The first kappa shape index (κ1) is 58.4. The smallest absolute Gasteiger partial charge is 0.329 e. The van der Waals surface area contributed by atoms with Crippen molar-refractivity contribution in [3.05, 3.63) is 47.6 Å². The van der Waals surface area contributed by atoms with Crippen LogP contribution in [0.5, 0.6) is 0 Å². The van der Waals surface area contributed by atoms with Crippen LogP contribution in [0, 0.1) is 35.5 Å². The first-order chi connectivity index (χ1) is 32.4. The molecule has 1 amide bonds. The fourth-order valence-electron chi connectivity index (χ4n) is 10.7. The number of hydrogen-bond acceptors (Lipinski definition) is 13. The highest BCUT2D eigenvalue weighted by Crippen LogP contribution is 2.38. The number of hydrogen-bond donors (Lipinski definition) is 2. The van der Waals surface area contributed by atoms with E-state index in [1.807, 2.05) is 58.1 Å². The number of Topliss-reactive ketones (excluding diaryl/α,β-unsaturated/α-hetero) is 3. The summed E-state index contributed by atoms with van der Waals surface area (Å²) in [6.07, 6.45) is 12.8. The van der Waals surface area contributed by atoms with E-state index in [4.69, 9.17) is 28.1 Å². The molecule has 3 aliphatic heterocycles. The van der Waals surface area contributed by atoms with Crippen molar-refractivity contribution in [1.82, 2.24) is 4.90 Å². The molecule has 2 saturated heterocycles. The van der Waals surface area contributed by atoms with E-state index in [1.54, 1.807) is 41.1 Å². The average Bonchev–Trinajstić information content (AvgIpc) is 3.30. The predicted octanol–water partition coefficient (Wildman–Crippen LogP) is 8.04. The molecular weight excluding hydrogens is 899 g/mol. The molecule has 69 heavy (non-hydrogen) atoms. The molecule has 3 heterocycles. The molecular formula is C54H87NO13Si. The van der Waals surface area contributed by atoms with Gasteiger partial charge in [0.05, 0.1) is 24.4 Å². The molecule has 0 aromatic rings. The highest BCUT2D eigenvalue weighted by atomic mass is 28.4. The van der Waals surface area contributed by atoms with Gasteiger partial charge in [0, 0.05) is 58.5 Å². The lowest BCUT2D eigenvalue weighted by molar-refractivity contribution is -0.265. The Morgan fingerprint density at radius 3 is 2.20 bits per heavy atom. The Morgan fingerprint density at radius 2 is 1.55 bits per heavy atom. The fraction of sp³-hybridized carbons (Fsp3) is 0.759. The number of cyclic esters (lactones) is 1. The van der Waals surface area contributed by atoms with Gasteiger partial charge in [0.15, 0.2) is 14.1 Å². The van der Waals surface area contributed by atoms with Crippen LogP contribution in [0.2, 0.25) is 19.6 Å². The van der Waals surface area contributed by atoms with Gasteiger partial charge in [-0.2, -0.15) is 0 Å². The molecule has 1 saturated carbocycles. The summed E-state index contributed by atoms with van der Waals surface area (Å²) in [6.45, 7) is 19.4. The van der Waals surface area contributed by atoms with Crippen molar-refractivity contribution in [2.24, 2.45) is 35.5 Å². The third-order valence-corrected chi connectivity index (χ3v) is 16.0. The number of carbonyl (C=O) groups excluding carboxylic acids is 5. The van der Waals surface area contributed by atoms with Crippen molar-refractivity contribution in [3.63, 3.8) is 0 Å². The number of fused-ring (bicyclic) bond motifs is 3. The van der Waals surface area contributed by atoms with Crippen LogP contribution >= 0.6 is 0 Å². The van der Waals surface area contributed by atoms with Gasteiger partial charge in [-0.3, -0.25) is 19.2 Å². The van der Waals surface area contributed by atoms with Crippen LogP contribution in [0.3, 0.4) is 0 Å². The number of rotatable bonds is 8. The monoisotopic (exact) mass is 986 g/mol. The van der Waals surface area contributed by atoms with Crippen LogP contribution in [0.15, 0.2) is 47.6 Å². The fourth-order valence-corrected chi connectivity index (χ4v) is 11.9. The van der Waals surface area contributed by atoms with Crippen molar-refractivity contribution in [1.29, 1.82) is 0 Å². The van der Waals surface area contributed by atoms with E-state index >= 15 is 0 Å². The summed E-state index contributed by atoms with van der Waals surface area (Å²) < 4.78 is 36.4. The Hall–Kier alpha value is -3.15. The molecule has 1 unspecified atom stereocenters. The van der Waals surface area contributed by atoms with Crippen molar-refractivity contribution in [2.75, 3.05) is 27.9 Å². The standard InChI is InChI=1S/C54H87NO13Si/c1-33-19-15-14-16-20-34(2)45(63-8)31-41-24-22-39(7)54(62,67-41)51(59)52(60)55-26-18-17-21-42(55)53(61)66-46(36(4)29-40-23-25-44(47(30-40)64-9)68-69(11,12)13)32-43(56)35(3)28-38(6)49(58)50(65-10)48(57)37(5)27-33/h14-16,19-20,28,33,35-37,39-42,44-47,49-50,58,62H,17-18,21-27,29-32H2,1-13H3/b16-14?,19-15+,34-20?,38-28+/t33-,35-,36-,37-,39-,40+,41+,42+,44-,45+,46?,47-,49-,50+,54-/m1/s1. The lowest BCUT2D eigenvalue weighted by Gasteiger charge is -2.42. The molecule has 0 radical (unpaired) electrons. The second-order valence-corrected chi connectivity index (χ2v) is 26.3. The maximum atomic E-state index is 14.5. The lowest BCUT2D eigenvalue weighted by Crippen LogP contribution is -2.61. The predicted molar refractivity (Wildman–Crippen MR) is 267 cm³/mol. The Kier molecular flexibility index (Phi) is 22.4. The summed E-state index contributed by atoms with van der Waals surface area (Å²) in [5.74, 6) is -7.72. The van der Waals surface area contributed by atoms with Gasteiger partial charge < -0.3 is 43.2 Å². The molecule has 4 aliphatic rings. The molecule has 0 aromatic carbocycles. The van der Waals surface area contributed by atoms with Crippen molar-refractivity contribution >= 4 is 37.5 Å². The lowest BCUT2D eigenvalue weighted by atomic mass is 9.78. The largest absolute Gasteiger partial charge is 0.460 e. The molecule has 15 atom stereocenters. The van der Waals surface area contributed by atoms with Crippen molar-refractivity contribution < 1.29 is 62.3 Å². The summed E-state index contributed by atoms with van der Waals surface area (Å²) >= 11 is 0. The van der Waals surface area contributed by atoms with Gasteiger partial charge in [-0.25, -0.2) is 4.79 Å². The molecule has 14 nitrogen and oxygen atoms in total. The van der Waals surface area contributed by atoms with Crippen LogP contribution in [-0.2, 0) is 52.1 Å². The Bertz CT molecular complexity index is 1870. The second-order valence-electron chi connectivity index (χ2n) is 21.8. The van der Waals surface area contributed by atoms with Crippen LogP contribution in [-0.4, -0.2) is 135 Å². The maximum absolute atomic E-state index is 14.5. The number of ketones is 3. The van der Waals surface area contributed by atoms with E-state index in [2.05, 4.69) is 19.6 Å². The minimum absolute atomic E-state index is 0.0132. The number of nitrogens with zero attached hydrogens (tertiary/aromatic N) is 1. The Labute approximate surface area is 414 Å². The number of allylic oxidation sites excluding steroid dienone is 6. The molecule has 0 aromatic heterocycles. The zero-order valence-corrected chi connectivity index (χ0v) is 45.1. The first-order valence-electron chi connectivity index (χ1n) is 25.6. The van der Waals surface area contributed by atoms with E-state index in [9.17, 15) is 34.2 Å². The topological polar surface area (TPSA) is 184 Å². The van der Waals surface area contributed by atoms with Gasteiger partial charge in [-0.05, 0) is 127 Å². The van der Waals surface area contributed by atoms with E-state index in [1.165, 1.54) is 12.0 Å². The molecule has 15 heteroatoms. The number of methoxy groups -OCH3 is 3. The Morgan fingerprint density at radius 1 is 0.841 bits per heavy atom. The van der Waals surface area contributed by atoms with E-state index in [0.29, 0.717) is 50.5 Å². The van der Waals surface area contributed by atoms with Gasteiger partial charge >= 0.3 is 5.97 Å². The van der Waals surface area contributed by atoms with Crippen LogP contribution < -0.4 is 0 Å².